The molecule has 0 atom stereocenters. The second-order valence-corrected chi connectivity index (χ2v) is 3.41. The van der Waals surface area contributed by atoms with Crippen LogP contribution in [0.4, 0.5) is 0 Å². The van der Waals surface area contributed by atoms with E-state index in [0.717, 1.165) is 24.4 Å². The third-order valence-electron chi connectivity index (χ3n) is 2.40. The molecule has 0 radical (unpaired) electrons. The molecule has 0 bridgehead atoms. The molecule has 0 aromatic heterocycles. The normalized spacial score (nSPS) is 14.9. The van der Waals surface area contributed by atoms with Gasteiger partial charge in [0.25, 0.3) is 0 Å². The fourth-order valence-corrected chi connectivity index (χ4v) is 1.65. The molecule has 1 heterocycles. The summed E-state index contributed by atoms with van der Waals surface area (Å²) in [5, 5.41) is 12.1. The van der Waals surface area contributed by atoms with E-state index in [9.17, 15) is 0 Å². The summed E-state index contributed by atoms with van der Waals surface area (Å²) in [5.41, 5.74) is 2.96. The molecule has 1 aliphatic heterocycles. The van der Waals surface area contributed by atoms with Crippen molar-refractivity contribution in [3.8, 4) is 11.8 Å². The van der Waals surface area contributed by atoms with Crippen LogP contribution in [0.2, 0.25) is 0 Å². The fourth-order valence-electron chi connectivity index (χ4n) is 1.65. The van der Waals surface area contributed by atoms with Gasteiger partial charge in [0.05, 0.1) is 11.6 Å². The van der Waals surface area contributed by atoms with E-state index < -0.39 is 0 Å². The quantitative estimate of drug-likeness (QED) is 0.668. The van der Waals surface area contributed by atoms with Gasteiger partial charge in [-0.05, 0) is 24.6 Å². The molecule has 1 aliphatic rings. The van der Waals surface area contributed by atoms with Gasteiger partial charge in [-0.1, -0.05) is 0 Å². The second kappa shape index (κ2) is 3.69. The summed E-state index contributed by atoms with van der Waals surface area (Å²) < 4.78 is 5.56. The first-order chi connectivity index (χ1) is 6.81. The maximum Gasteiger partial charge on any atom is 0.125 e. The minimum absolute atomic E-state index is 0.668. The molecule has 3 heteroatoms. The number of nitriles is 1. The number of rotatable bonds is 0. The van der Waals surface area contributed by atoms with Gasteiger partial charge in [-0.2, -0.15) is 5.26 Å². The summed E-state index contributed by atoms with van der Waals surface area (Å²) >= 11 is 0. The third kappa shape index (κ3) is 1.57. The topological polar surface area (TPSA) is 45.0 Å². The van der Waals surface area contributed by atoms with Gasteiger partial charge in [-0.15, -0.1) is 0 Å². The third-order valence-corrected chi connectivity index (χ3v) is 2.40. The number of hydrogen-bond donors (Lipinski definition) is 1. The fraction of sp³-hybridized carbons (Fsp3) is 0.364. The first-order valence-corrected chi connectivity index (χ1v) is 4.68. The largest absolute Gasteiger partial charge is 0.492 e. The average molecular weight is 188 g/mol. The standard InChI is InChI=1S/C11H12N2O/c1-8-4-9(6-12)5-11-10(8)7-13-2-3-14-11/h4-5,13H,2-3,7H2,1H3. The Morgan fingerprint density at radius 2 is 2.36 bits per heavy atom. The molecule has 0 amide bonds. The highest BCUT2D eigenvalue weighted by atomic mass is 16.5. The number of nitrogens with one attached hydrogen (secondary N) is 1. The van der Waals surface area contributed by atoms with Crippen molar-refractivity contribution in [1.29, 1.82) is 5.26 Å². The van der Waals surface area contributed by atoms with E-state index in [4.69, 9.17) is 10.00 Å². The van der Waals surface area contributed by atoms with E-state index in [2.05, 4.69) is 11.4 Å². The van der Waals surface area contributed by atoms with Gasteiger partial charge in [0.1, 0.15) is 12.4 Å². The van der Waals surface area contributed by atoms with E-state index in [1.165, 1.54) is 5.56 Å². The Labute approximate surface area is 83.3 Å². The van der Waals surface area contributed by atoms with Crippen molar-refractivity contribution in [2.75, 3.05) is 13.2 Å². The Hall–Kier alpha value is -1.53. The van der Waals surface area contributed by atoms with Crippen molar-refractivity contribution in [3.63, 3.8) is 0 Å². The Kier molecular flexibility index (Phi) is 2.38. The lowest BCUT2D eigenvalue weighted by Gasteiger charge is -2.09. The van der Waals surface area contributed by atoms with Crippen LogP contribution in [0.5, 0.6) is 5.75 Å². The van der Waals surface area contributed by atoms with Crippen LogP contribution in [0.3, 0.4) is 0 Å². The number of fused-ring (bicyclic) bond motifs is 1. The SMILES string of the molecule is Cc1cc(C#N)cc2c1CNCCO2. The molecule has 14 heavy (non-hydrogen) atoms. The summed E-state index contributed by atoms with van der Waals surface area (Å²) in [6.45, 7) is 4.36. The molecule has 2 rings (SSSR count). The number of aryl methyl sites for hydroxylation is 1. The van der Waals surface area contributed by atoms with Crippen LogP contribution in [0.25, 0.3) is 0 Å². The number of nitrogens with zero attached hydrogens (tertiary/aromatic N) is 1. The summed E-state index contributed by atoms with van der Waals surface area (Å²) in [5.74, 6) is 0.853. The highest BCUT2D eigenvalue weighted by Gasteiger charge is 2.11. The summed E-state index contributed by atoms with van der Waals surface area (Å²) in [6, 6.07) is 5.85. The van der Waals surface area contributed by atoms with Gasteiger partial charge in [-0.25, -0.2) is 0 Å². The maximum absolute atomic E-state index is 8.81. The van der Waals surface area contributed by atoms with Crippen LogP contribution >= 0.6 is 0 Å². The van der Waals surface area contributed by atoms with Crippen LogP contribution in [0.15, 0.2) is 12.1 Å². The van der Waals surface area contributed by atoms with E-state index in [1.54, 1.807) is 0 Å². The van der Waals surface area contributed by atoms with Crippen LogP contribution in [-0.2, 0) is 6.54 Å². The van der Waals surface area contributed by atoms with Gasteiger partial charge in [0.15, 0.2) is 0 Å². The average Bonchev–Trinajstić information content (AvgIpc) is 2.42. The van der Waals surface area contributed by atoms with Gasteiger partial charge in [0.2, 0.25) is 0 Å². The summed E-state index contributed by atoms with van der Waals surface area (Å²) in [7, 11) is 0. The Morgan fingerprint density at radius 1 is 1.50 bits per heavy atom. The molecule has 72 valence electrons. The van der Waals surface area contributed by atoms with E-state index in [-0.39, 0.29) is 0 Å². The maximum atomic E-state index is 8.81. The Bertz CT molecular complexity index is 393. The van der Waals surface area contributed by atoms with Crippen LogP contribution in [0, 0.1) is 18.3 Å². The van der Waals surface area contributed by atoms with Crippen LogP contribution in [-0.4, -0.2) is 13.2 Å². The van der Waals surface area contributed by atoms with Crippen molar-refractivity contribution < 1.29 is 4.74 Å². The molecular formula is C11H12N2O. The zero-order chi connectivity index (χ0) is 9.97. The first-order valence-electron chi connectivity index (χ1n) is 4.68. The molecule has 0 spiro atoms. The van der Waals surface area contributed by atoms with Crippen molar-refractivity contribution in [3.05, 3.63) is 28.8 Å². The van der Waals surface area contributed by atoms with E-state index in [1.807, 2.05) is 19.1 Å². The zero-order valence-corrected chi connectivity index (χ0v) is 8.13. The minimum Gasteiger partial charge on any atom is -0.492 e. The molecule has 1 aromatic carbocycles. The molecule has 0 fully saturated rings. The lowest BCUT2D eigenvalue weighted by atomic mass is 10.0. The van der Waals surface area contributed by atoms with Gasteiger partial charge >= 0.3 is 0 Å². The summed E-state index contributed by atoms with van der Waals surface area (Å²) in [4.78, 5) is 0. The van der Waals surface area contributed by atoms with Gasteiger partial charge in [0, 0.05) is 18.7 Å². The molecule has 0 saturated heterocycles. The molecule has 0 aliphatic carbocycles. The number of ether oxygens (including phenoxy) is 1. The smallest absolute Gasteiger partial charge is 0.125 e. The molecular weight excluding hydrogens is 176 g/mol. The Morgan fingerprint density at radius 3 is 3.14 bits per heavy atom. The molecule has 3 nitrogen and oxygen atoms in total. The van der Waals surface area contributed by atoms with Crippen molar-refractivity contribution in [2.45, 2.75) is 13.5 Å². The van der Waals surface area contributed by atoms with Crippen molar-refractivity contribution >= 4 is 0 Å². The Balaban J connectivity index is 2.50. The van der Waals surface area contributed by atoms with E-state index >= 15 is 0 Å². The van der Waals surface area contributed by atoms with Crippen molar-refractivity contribution in [1.82, 2.24) is 5.32 Å². The van der Waals surface area contributed by atoms with Crippen molar-refractivity contribution in [2.24, 2.45) is 0 Å². The van der Waals surface area contributed by atoms with Crippen LogP contribution < -0.4 is 10.1 Å². The lowest BCUT2D eigenvalue weighted by molar-refractivity contribution is 0.325. The summed E-state index contributed by atoms with van der Waals surface area (Å²) in [6.07, 6.45) is 0. The number of benzene rings is 1. The van der Waals surface area contributed by atoms with Crippen LogP contribution in [0.1, 0.15) is 16.7 Å². The van der Waals surface area contributed by atoms with Gasteiger partial charge in [-0.3, -0.25) is 0 Å². The minimum atomic E-state index is 0.668. The number of hydrogen-bond acceptors (Lipinski definition) is 3. The zero-order valence-electron chi connectivity index (χ0n) is 8.13. The monoisotopic (exact) mass is 188 g/mol. The lowest BCUT2D eigenvalue weighted by Crippen LogP contribution is -2.16. The second-order valence-electron chi connectivity index (χ2n) is 3.41. The molecule has 0 saturated carbocycles. The highest BCUT2D eigenvalue weighted by Crippen LogP contribution is 2.25. The molecule has 0 unspecified atom stereocenters. The predicted molar refractivity (Wildman–Crippen MR) is 53.1 cm³/mol. The predicted octanol–water partition coefficient (Wildman–Crippen LogP) is 1.35. The highest BCUT2D eigenvalue weighted by molar-refractivity contribution is 5.47. The van der Waals surface area contributed by atoms with Gasteiger partial charge < -0.3 is 10.1 Å². The molecule has 1 aromatic rings. The first kappa shape index (κ1) is 9.04. The van der Waals surface area contributed by atoms with E-state index in [0.29, 0.717) is 12.2 Å². The molecule has 1 N–H and O–H groups in total.